The Morgan fingerprint density at radius 3 is 2.39 bits per heavy atom. The number of carbonyl (C=O) groups is 1. The molecule has 0 bridgehead atoms. The van der Waals surface area contributed by atoms with Crippen LogP contribution in [0.5, 0.6) is 0 Å². The molecular weight excluding hydrogens is 228 g/mol. The van der Waals surface area contributed by atoms with Crippen LogP contribution in [0.2, 0.25) is 0 Å². The molecule has 2 atom stereocenters. The lowest BCUT2D eigenvalue weighted by Crippen LogP contribution is -2.30. The highest BCUT2D eigenvalue weighted by Gasteiger charge is 2.28. The summed E-state index contributed by atoms with van der Waals surface area (Å²) in [7, 11) is 0. The highest BCUT2D eigenvalue weighted by molar-refractivity contribution is 5.73. The molecule has 0 amide bonds. The maximum absolute atomic E-state index is 11.2. The van der Waals surface area contributed by atoms with Crippen LogP contribution in [0.25, 0.3) is 6.08 Å². The van der Waals surface area contributed by atoms with E-state index in [0.717, 1.165) is 17.5 Å². The van der Waals surface area contributed by atoms with Crippen LogP contribution in [-0.2, 0) is 9.53 Å². The zero-order valence-electron chi connectivity index (χ0n) is 10.9. The summed E-state index contributed by atoms with van der Waals surface area (Å²) in [6.45, 7) is 7.88. The molecule has 0 saturated heterocycles. The highest BCUT2D eigenvalue weighted by Crippen LogP contribution is 2.26. The Morgan fingerprint density at radius 2 is 2.00 bits per heavy atom. The minimum absolute atomic E-state index is 0.124. The van der Waals surface area contributed by atoms with Gasteiger partial charge in [-0.25, -0.2) is 4.79 Å². The Morgan fingerprint density at radius 1 is 1.39 bits per heavy atom. The number of rotatable bonds is 7. The predicted octanol–water partition coefficient (Wildman–Crippen LogP) is 3.31. The number of carboxylic acids is 1. The molecule has 1 N–H and O–H groups in total. The Kier molecular flexibility index (Phi) is 5.59. The van der Waals surface area contributed by atoms with Gasteiger partial charge in [-0.05, 0) is 24.5 Å². The third kappa shape index (κ3) is 3.44. The molecule has 0 saturated carbocycles. The summed E-state index contributed by atoms with van der Waals surface area (Å²) in [4.78, 5) is 11.2. The molecule has 0 fully saturated rings. The maximum atomic E-state index is 11.2. The first kappa shape index (κ1) is 14.5. The van der Waals surface area contributed by atoms with E-state index in [2.05, 4.69) is 6.58 Å². The van der Waals surface area contributed by atoms with Crippen molar-refractivity contribution in [3.05, 3.63) is 42.0 Å². The second-order valence-electron chi connectivity index (χ2n) is 4.10. The van der Waals surface area contributed by atoms with Crippen LogP contribution in [0.4, 0.5) is 0 Å². The summed E-state index contributed by atoms with van der Waals surface area (Å²) in [6, 6.07) is 7.77. The second-order valence-corrected chi connectivity index (χ2v) is 4.10. The lowest BCUT2D eigenvalue weighted by atomic mass is 9.90. The van der Waals surface area contributed by atoms with Crippen molar-refractivity contribution < 1.29 is 14.6 Å². The monoisotopic (exact) mass is 248 g/mol. The Labute approximate surface area is 108 Å². The van der Waals surface area contributed by atoms with Crippen molar-refractivity contribution in [1.82, 2.24) is 0 Å². The molecule has 1 rings (SSSR count). The average Bonchev–Trinajstić information content (AvgIpc) is 2.39. The zero-order valence-corrected chi connectivity index (χ0v) is 10.9. The summed E-state index contributed by atoms with van der Waals surface area (Å²) in [5.41, 5.74) is 2.01. The Hall–Kier alpha value is -1.61. The van der Waals surface area contributed by atoms with Gasteiger partial charge in [0, 0.05) is 12.5 Å². The van der Waals surface area contributed by atoms with E-state index in [4.69, 9.17) is 4.74 Å². The first-order chi connectivity index (χ1) is 8.63. The molecule has 0 aromatic heterocycles. The minimum atomic E-state index is -0.906. The van der Waals surface area contributed by atoms with E-state index in [1.54, 1.807) is 6.08 Å². The summed E-state index contributed by atoms with van der Waals surface area (Å²) in [5.74, 6) is -1.03. The zero-order chi connectivity index (χ0) is 13.5. The molecule has 0 aliphatic heterocycles. The summed E-state index contributed by atoms with van der Waals surface area (Å²) >= 11 is 0. The topological polar surface area (TPSA) is 46.5 Å². The number of ether oxygens (including phenoxy) is 1. The number of benzene rings is 1. The second kappa shape index (κ2) is 6.97. The lowest BCUT2D eigenvalue weighted by Gasteiger charge is -2.23. The van der Waals surface area contributed by atoms with Crippen molar-refractivity contribution in [1.29, 1.82) is 0 Å². The van der Waals surface area contributed by atoms with Crippen molar-refractivity contribution in [2.75, 3.05) is 6.61 Å². The number of carboxylic acid groups (broad SMARTS) is 1. The molecule has 1 aromatic carbocycles. The quantitative estimate of drug-likeness (QED) is 0.805. The molecule has 0 spiro atoms. The molecule has 1 aromatic rings. The van der Waals surface area contributed by atoms with Crippen molar-refractivity contribution in [2.45, 2.75) is 32.3 Å². The SMILES string of the molecule is C=Cc1ccc(C(CC)[C@H](OCC)C(=O)O)cc1. The fourth-order valence-corrected chi connectivity index (χ4v) is 2.04. The van der Waals surface area contributed by atoms with E-state index in [1.165, 1.54) is 0 Å². The lowest BCUT2D eigenvalue weighted by molar-refractivity contribution is -0.151. The fourth-order valence-electron chi connectivity index (χ4n) is 2.04. The van der Waals surface area contributed by atoms with E-state index in [-0.39, 0.29) is 5.92 Å². The summed E-state index contributed by atoms with van der Waals surface area (Å²) in [6.07, 6.45) is 1.71. The van der Waals surface area contributed by atoms with E-state index in [1.807, 2.05) is 38.1 Å². The van der Waals surface area contributed by atoms with Crippen LogP contribution in [0.15, 0.2) is 30.8 Å². The molecule has 0 heterocycles. The third-order valence-corrected chi connectivity index (χ3v) is 3.00. The first-order valence-corrected chi connectivity index (χ1v) is 6.20. The van der Waals surface area contributed by atoms with Crippen LogP contribution >= 0.6 is 0 Å². The predicted molar refractivity (Wildman–Crippen MR) is 72.6 cm³/mol. The number of hydrogen-bond acceptors (Lipinski definition) is 2. The first-order valence-electron chi connectivity index (χ1n) is 6.20. The molecule has 3 nitrogen and oxygen atoms in total. The standard InChI is InChI=1S/C15H20O3/c1-4-11-7-9-12(10-8-11)13(5-2)14(15(16)17)18-6-3/h4,7-10,13-14H,1,5-6H2,2-3H3,(H,16,17)/t13?,14-/m0/s1. The molecule has 0 aliphatic carbocycles. The van der Waals surface area contributed by atoms with Gasteiger partial charge in [-0.15, -0.1) is 0 Å². The van der Waals surface area contributed by atoms with Gasteiger partial charge in [0.2, 0.25) is 0 Å². The van der Waals surface area contributed by atoms with Crippen molar-refractivity contribution in [3.63, 3.8) is 0 Å². The van der Waals surface area contributed by atoms with E-state index in [0.29, 0.717) is 6.61 Å². The van der Waals surface area contributed by atoms with Gasteiger partial charge < -0.3 is 9.84 Å². The summed E-state index contributed by atoms with van der Waals surface area (Å²) in [5, 5.41) is 9.23. The highest BCUT2D eigenvalue weighted by atomic mass is 16.5. The van der Waals surface area contributed by atoms with Gasteiger partial charge in [0.15, 0.2) is 6.10 Å². The normalized spacial score (nSPS) is 13.9. The number of hydrogen-bond donors (Lipinski definition) is 1. The number of aliphatic carboxylic acids is 1. The molecule has 18 heavy (non-hydrogen) atoms. The largest absolute Gasteiger partial charge is 0.479 e. The van der Waals surface area contributed by atoms with Crippen LogP contribution in [0.3, 0.4) is 0 Å². The van der Waals surface area contributed by atoms with Crippen molar-refractivity contribution in [2.24, 2.45) is 0 Å². The van der Waals surface area contributed by atoms with Gasteiger partial charge in [-0.3, -0.25) is 0 Å². The molecule has 0 aliphatic rings. The van der Waals surface area contributed by atoms with Gasteiger partial charge in [-0.2, -0.15) is 0 Å². The van der Waals surface area contributed by atoms with Gasteiger partial charge in [0.1, 0.15) is 0 Å². The van der Waals surface area contributed by atoms with Gasteiger partial charge in [-0.1, -0.05) is 43.8 Å². The molecule has 1 unspecified atom stereocenters. The van der Waals surface area contributed by atoms with Crippen molar-refractivity contribution in [3.8, 4) is 0 Å². The summed E-state index contributed by atoms with van der Waals surface area (Å²) < 4.78 is 5.35. The Balaban J connectivity index is 2.98. The van der Waals surface area contributed by atoms with Gasteiger partial charge in [0.25, 0.3) is 0 Å². The average molecular weight is 248 g/mol. The van der Waals surface area contributed by atoms with Crippen LogP contribution in [-0.4, -0.2) is 23.8 Å². The van der Waals surface area contributed by atoms with Gasteiger partial charge >= 0.3 is 5.97 Å². The van der Waals surface area contributed by atoms with Crippen LogP contribution < -0.4 is 0 Å². The van der Waals surface area contributed by atoms with E-state index >= 15 is 0 Å². The van der Waals surface area contributed by atoms with Gasteiger partial charge in [0.05, 0.1) is 0 Å². The fraction of sp³-hybridized carbons (Fsp3) is 0.400. The smallest absolute Gasteiger partial charge is 0.333 e. The molecule has 98 valence electrons. The molecule has 0 radical (unpaired) electrons. The van der Waals surface area contributed by atoms with Crippen LogP contribution in [0.1, 0.15) is 37.3 Å². The van der Waals surface area contributed by atoms with Crippen LogP contribution in [0, 0.1) is 0 Å². The van der Waals surface area contributed by atoms with E-state index in [9.17, 15) is 9.90 Å². The van der Waals surface area contributed by atoms with E-state index < -0.39 is 12.1 Å². The minimum Gasteiger partial charge on any atom is -0.479 e. The Bertz CT molecular complexity index is 395. The molecule has 3 heteroatoms. The molecular formula is C15H20O3. The maximum Gasteiger partial charge on any atom is 0.333 e. The van der Waals surface area contributed by atoms with Crippen molar-refractivity contribution >= 4 is 12.0 Å². The third-order valence-electron chi connectivity index (χ3n) is 3.00.